The lowest BCUT2D eigenvalue weighted by Crippen LogP contribution is -2.16. The molecule has 1 aromatic heterocycles. The third kappa shape index (κ3) is 2.34. The molecule has 1 amide bonds. The van der Waals surface area contributed by atoms with Crippen molar-refractivity contribution in [3.8, 4) is 0 Å². The Bertz CT molecular complexity index is 601. The van der Waals surface area contributed by atoms with E-state index < -0.39 is 0 Å². The number of carbonyl (C=O) groups is 1. The number of aryl methyl sites for hydroxylation is 3. The number of aromatic nitrogens is 2. The maximum absolute atomic E-state index is 12.1. The molecule has 2 rings (SSSR count). The fraction of sp³-hybridized carbons (Fsp3) is 0.231. The summed E-state index contributed by atoms with van der Waals surface area (Å²) in [5.41, 5.74) is 8.67. The Morgan fingerprint density at radius 3 is 2.61 bits per heavy atom. The second-order valence-electron chi connectivity index (χ2n) is 4.34. The van der Waals surface area contributed by atoms with Crippen LogP contribution < -0.4 is 11.1 Å². The van der Waals surface area contributed by atoms with E-state index in [1.807, 2.05) is 26.0 Å². The predicted octanol–water partition coefficient (Wildman–Crippen LogP) is 1.87. The van der Waals surface area contributed by atoms with Gasteiger partial charge in [-0.2, -0.15) is 5.10 Å². The molecule has 0 saturated heterocycles. The second-order valence-corrected chi connectivity index (χ2v) is 4.34. The van der Waals surface area contributed by atoms with Gasteiger partial charge in [0.2, 0.25) is 0 Å². The lowest BCUT2D eigenvalue weighted by molar-refractivity contribution is 0.102. The molecular formula is C13H16N4O. The zero-order valence-corrected chi connectivity index (χ0v) is 10.7. The van der Waals surface area contributed by atoms with Gasteiger partial charge < -0.3 is 11.1 Å². The number of nitrogens with zero attached hydrogens (tertiary/aromatic N) is 2. The summed E-state index contributed by atoms with van der Waals surface area (Å²) < 4.78 is 1.62. The number of rotatable bonds is 2. The summed E-state index contributed by atoms with van der Waals surface area (Å²) in [6.45, 7) is 3.80. The first kappa shape index (κ1) is 12.2. The number of nitrogens with two attached hydrogens (primary N) is 1. The van der Waals surface area contributed by atoms with Crippen LogP contribution in [0.1, 0.15) is 21.6 Å². The van der Waals surface area contributed by atoms with Crippen LogP contribution in [0.4, 0.5) is 11.5 Å². The molecule has 0 atom stereocenters. The molecule has 0 fully saturated rings. The molecule has 2 aromatic rings. The third-order valence-electron chi connectivity index (χ3n) is 2.70. The highest BCUT2D eigenvalue weighted by Gasteiger charge is 2.12. The fourth-order valence-corrected chi connectivity index (χ4v) is 1.80. The molecule has 0 bridgehead atoms. The Labute approximate surface area is 106 Å². The maximum Gasteiger partial charge on any atom is 0.258 e. The number of anilines is 2. The Kier molecular flexibility index (Phi) is 3.06. The van der Waals surface area contributed by atoms with E-state index in [9.17, 15) is 4.79 Å². The summed E-state index contributed by atoms with van der Waals surface area (Å²) in [6, 6.07) is 7.18. The van der Waals surface area contributed by atoms with Crippen molar-refractivity contribution in [3.05, 3.63) is 41.1 Å². The van der Waals surface area contributed by atoms with Gasteiger partial charge in [0, 0.05) is 18.8 Å². The molecule has 94 valence electrons. The molecule has 0 saturated carbocycles. The van der Waals surface area contributed by atoms with Crippen LogP contribution >= 0.6 is 0 Å². The minimum Gasteiger partial charge on any atom is -0.398 e. The van der Waals surface area contributed by atoms with Crippen molar-refractivity contribution < 1.29 is 4.79 Å². The van der Waals surface area contributed by atoms with Crippen LogP contribution in [-0.2, 0) is 7.05 Å². The number of hydrogen-bond donors (Lipinski definition) is 2. The zero-order valence-electron chi connectivity index (χ0n) is 10.7. The molecule has 5 heteroatoms. The van der Waals surface area contributed by atoms with Crippen molar-refractivity contribution in [3.63, 3.8) is 0 Å². The highest BCUT2D eigenvalue weighted by molar-refractivity contribution is 6.07. The van der Waals surface area contributed by atoms with Crippen molar-refractivity contribution in [1.82, 2.24) is 9.78 Å². The summed E-state index contributed by atoms with van der Waals surface area (Å²) in [4.78, 5) is 12.1. The molecule has 0 spiro atoms. The smallest absolute Gasteiger partial charge is 0.258 e. The van der Waals surface area contributed by atoms with E-state index >= 15 is 0 Å². The summed E-state index contributed by atoms with van der Waals surface area (Å²) in [6.07, 6.45) is 0. The summed E-state index contributed by atoms with van der Waals surface area (Å²) in [5.74, 6) is 0.424. The van der Waals surface area contributed by atoms with Crippen molar-refractivity contribution in [2.24, 2.45) is 7.05 Å². The average molecular weight is 244 g/mol. The molecule has 5 nitrogen and oxygen atoms in total. The topological polar surface area (TPSA) is 72.9 Å². The van der Waals surface area contributed by atoms with Crippen molar-refractivity contribution >= 4 is 17.4 Å². The van der Waals surface area contributed by atoms with Crippen molar-refractivity contribution in [1.29, 1.82) is 0 Å². The SMILES string of the molecule is Cc1ccc(C(=O)Nc2cc(C)nn2C)c(N)c1. The van der Waals surface area contributed by atoms with Crippen LogP contribution in [0.25, 0.3) is 0 Å². The zero-order chi connectivity index (χ0) is 13.3. The van der Waals surface area contributed by atoms with E-state index in [0.717, 1.165) is 11.3 Å². The third-order valence-corrected chi connectivity index (χ3v) is 2.70. The first-order valence-electron chi connectivity index (χ1n) is 5.65. The summed E-state index contributed by atoms with van der Waals surface area (Å²) >= 11 is 0. The molecule has 18 heavy (non-hydrogen) atoms. The Morgan fingerprint density at radius 2 is 2.06 bits per heavy atom. The van der Waals surface area contributed by atoms with Crippen LogP contribution in [0.2, 0.25) is 0 Å². The minimum absolute atomic E-state index is 0.226. The van der Waals surface area contributed by atoms with Gasteiger partial charge in [-0.3, -0.25) is 9.48 Å². The number of benzene rings is 1. The van der Waals surface area contributed by atoms with E-state index in [1.54, 1.807) is 23.9 Å². The molecule has 0 aliphatic carbocycles. The van der Waals surface area contributed by atoms with Crippen molar-refractivity contribution in [2.45, 2.75) is 13.8 Å². The second kappa shape index (κ2) is 4.52. The first-order valence-corrected chi connectivity index (χ1v) is 5.65. The van der Waals surface area contributed by atoms with Crippen LogP contribution in [0.3, 0.4) is 0 Å². The molecule has 1 heterocycles. The molecular weight excluding hydrogens is 228 g/mol. The van der Waals surface area contributed by atoms with Gasteiger partial charge in [-0.05, 0) is 31.5 Å². The van der Waals surface area contributed by atoms with Gasteiger partial charge in [0.1, 0.15) is 5.82 Å². The minimum atomic E-state index is -0.226. The van der Waals surface area contributed by atoms with Gasteiger partial charge in [0.25, 0.3) is 5.91 Å². The van der Waals surface area contributed by atoms with Crippen molar-refractivity contribution in [2.75, 3.05) is 11.1 Å². The van der Waals surface area contributed by atoms with Gasteiger partial charge in [-0.25, -0.2) is 0 Å². The van der Waals surface area contributed by atoms with Gasteiger partial charge >= 0.3 is 0 Å². The van der Waals surface area contributed by atoms with E-state index in [4.69, 9.17) is 5.73 Å². The van der Waals surface area contributed by atoms with Crippen LogP contribution in [-0.4, -0.2) is 15.7 Å². The Morgan fingerprint density at radius 1 is 1.33 bits per heavy atom. The molecule has 0 unspecified atom stereocenters. The highest BCUT2D eigenvalue weighted by atomic mass is 16.1. The Hall–Kier alpha value is -2.30. The molecule has 0 radical (unpaired) electrons. The summed E-state index contributed by atoms with van der Waals surface area (Å²) in [7, 11) is 1.78. The number of nitrogen functional groups attached to an aromatic ring is 1. The number of nitrogens with one attached hydrogen (secondary N) is 1. The quantitative estimate of drug-likeness (QED) is 0.792. The van der Waals surface area contributed by atoms with E-state index in [0.29, 0.717) is 17.1 Å². The van der Waals surface area contributed by atoms with Gasteiger partial charge in [-0.1, -0.05) is 6.07 Å². The number of amides is 1. The normalized spacial score (nSPS) is 10.4. The van der Waals surface area contributed by atoms with Gasteiger partial charge in [-0.15, -0.1) is 0 Å². The van der Waals surface area contributed by atoms with Crippen LogP contribution in [0, 0.1) is 13.8 Å². The number of hydrogen-bond acceptors (Lipinski definition) is 3. The Balaban J connectivity index is 2.24. The first-order chi connectivity index (χ1) is 8.47. The monoisotopic (exact) mass is 244 g/mol. The lowest BCUT2D eigenvalue weighted by atomic mass is 10.1. The molecule has 1 aromatic carbocycles. The predicted molar refractivity (Wildman–Crippen MR) is 71.5 cm³/mol. The van der Waals surface area contributed by atoms with E-state index in [1.165, 1.54) is 0 Å². The van der Waals surface area contributed by atoms with E-state index in [2.05, 4.69) is 10.4 Å². The molecule has 0 aliphatic rings. The standard InChI is InChI=1S/C13H16N4O/c1-8-4-5-10(11(14)6-8)13(18)15-12-7-9(2)16-17(12)3/h4-7H,14H2,1-3H3,(H,15,18). The van der Waals surface area contributed by atoms with Crippen LogP contribution in [0.15, 0.2) is 24.3 Å². The van der Waals surface area contributed by atoms with Gasteiger partial charge in [0.05, 0.1) is 11.3 Å². The lowest BCUT2D eigenvalue weighted by Gasteiger charge is -2.08. The van der Waals surface area contributed by atoms with Crippen LogP contribution in [0.5, 0.6) is 0 Å². The molecule has 0 aliphatic heterocycles. The largest absolute Gasteiger partial charge is 0.398 e. The highest BCUT2D eigenvalue weighted by Crippen LogP contribution is 2.16. The number of carbonyl (C=O) groups excluding carboxylic acids is 1. The van der Waals surface area contributed by atoms with Gasteiger partial charge in [0.15, 0.2) is 0 Å². The maximum atomic E-state index is 12.1. The summed E-state index contributed by atoms with van der Waals surface area (Å²) in [5, 5.41) is 6.95. The molecule has 3 N–H and O–H groups in total. The fourth-order valence-electron chi connectivity index (χ4n) is 1.80. The van der Waals surface area contributed by atoms with E-state index in [-0.39, 0.29) is 5.91 Å². The average Bonchev–Trinajstić information content (AvgIpc) is 2.57.